The number of ether oxygens (including phenoxy) is 3. The molecule has 0 radical (unpaired) electrons. The second-order valence-electron chi connectivity index (χ2n) is 5.83. The predicted octanol–water partition coefficient (Wildman–Crippen LogP) is 2.59. The lowest BCUT2D eigenvalue weighted by Gasteiger charge is -2.38. The Morgan fingerprint density at radius 2 is 1.82 bits per heavy atom. The summed E-state index contributed by atoms with van der Waals surface area (Å²) in [7, 11) is 1.64. The molecule has 2 aliphatic rings. The van der Waals surface area contributed by atoms with E-state index in [1.165, 1.54) is 5.69 Å². The topological polar surface area (TPSA) is 43.8 Å². The van der Waals surface area contributed by atoms with Gasteiger partial charge in [-0.15, -0.1) is 0 Å². The monoisotopic (exact) mass is 300 g/mol. The van der Waals surface area contributed by atoms with Gasteiger partial charge >= 0.3 is 0 Å². The quantitative estimate of drug-likeness (QED) is 0.853. The van der Waals surface area contributed by atoms with Gasteiger partial charge in [0.2, 0.25) is 5.88 Å². The van der Waals surface area contributed by atoms with Gasteiger partial charge in [0.05, 0.1) is 25.8 Å². The number of nitrogens with zero attached hydrogens (tertiary/aromatic N) is 2. The van der Waals surface area contributed by atoms with Gasteiger partial charge in [0, 0.05) is 43.1 Å². The van der Waals surface area contributed by atoms with Crippen LogP contribution in [0.5, 0.6) is 5.88 Å². The Morgan fingerprint density at radius 3 is 2.55 bits per heavy atom. The molecule has 2 aliphatic heterocycles. The van der Waals surface area contributed by atoms with E-state index in [-0.39, 0.29) is 5.79 Å². The number of fused-ring (bicyclic) bond motifs is 1. The van der Waals surface area contributed by atoms with Crippen LogP contribution in [-0.2, 0) is 9.47 Å². The third kappa shape index (κ3) is 2.40. The molecule has 0 aliphatic carbocycles. The van der Waals surface area contributed by atoms with Crippen molar-refractivity contribution in [2.75, 3.05) is 38.3 Å². The Balaban J connectivity index is 1.56. The number of anilines is 1. The van der Waals surface area contributed by atoms with Gasteiger partial charge in [-0.1, -0.05) is 6.07 Å². The first-order valence-electron chi connectivity index (χ1n) is 7.76. The fraction of sp³-hybridized carbons (Fsp3) is 0.471. The van der Waals surface area contributed by atoms with E-state index in [0.29, 0.717) is 5.88 Å². The molecule has 1 spiro atoms. The number of pyridine rings is 1. The first kappa shape index (κ1) is 13.8. The molecule has 1 aromatic carbocycles. The molecule has 116 valence electrons. The lowest BCUT2D eigenvalue weighted by Crippen LogP contribution is -2.45. The zero-order valence-electron chi connectivity index (χ0n) is 12.7. The molecule has 1 aromatic heterocycles. The van der Waals surface area contributed by atoms with Crippen LogP contribution in [0.25, 0.3) is 10.9 Å². The fourth-order valence-corrected chi connectivity index (χ4v) is 3.29. The molecule has 0 saturated carbocycles. The van der Waals surface area contributed by atoms with Crippen molar-refractivity contribution in [3.63, 3.8) is 0 Å². The highest BCUT2D eigenvalue weighted by molar-refractivity contribution is 5.83. The molecule has 0 unspecified atom stereocenters. The summed E-state index contributed by atoms with van der Waals surface area (Å²) in [5, 5.41) is 1.13. The first-order valence-corrected chi connectivity index (χ1v) is 7.76. The number of hydrogen-bond donors (Lipinski definition) is 0. The highest BCUT2D eigenvalue weighted by Crippen LogP contribution is 2.34. The predicted molar refractivity (Wildman–Crippen MR) is 84.4 cm³/mol. The summed E-state index contributed by atoms with van der Waals surface area (Å²) in [5.41, 5.74) is 2.16. The maximum atomic E-state index is 5.79. The van der Waals surface area contributed by atoms with Crippen LogP contribution in [0.15, 0.2) is 30.3 Å². The van der Waals surface area contributed by atoms with Crippen molar-refractivity contribution in [3.8, 4) is 5.88 Å². The number of piperidine rings is 1. The van der Waals surface area contributed by atoms with Gasteiger partial charge in [0.15, 0.2) is 5.79 Å². The zero-order valence-corrected chi connectivity index (χ0v) is 12.7. The van der Waals surface area contributed by atoms with Crippen LogP contribution in [0.1, 0.15) is 12.8 Å². The minimum atomic E-state index is -0.325. The molecule has 2 aromatic rings. The first-order chi connectivity index (χ1) is 10.8. The van der Waals surface area contributed by atoms with Crippen LogP contribution in [0.2, 0.25) is 0 Å². The van der Waals surface area contributed by atoms with Crippen LogP contribution in [0, 0.1) is 0 Å². The van der Waals surface area contributed by atoms with Crippen molar-refractivity contribution in [3.05, 3.63) is 30.3 Å². The van der Waals surface area contributed by atoms with Gasteiger partial charge in [-0.3, -0.25) is 0 Å². The van der Waals surface area contributed by atoms with Crippen LogP contribution in [0.3, 0.4) is 0 Å². The minimum absolute atomic E-state index is 0.325. The van der Waals surface area contributed by atoms with Crippen LogP contribution in [0.4, 0.5) is 5.69 Å². The molecule has 5 heteroatoms. The summed E-state index contributed by atoms with van der Waals surface area (Å²) in [6.07, 6.45) is 1.83. The fourth-order valence-electron chi connectivity index (χ4n) is 3.29. The molecule has 0 amide bonds. The Morgan fingerprint density at radius 1 is 1.09 bits per heavy atom. The Hall–Kier alpha value is -1.85. The lowest BCUT2D eigenvalue weighted by atomic mass is 10.0. The lowest BCUT2D eigenvalue weighted by molar-refractivity contribution is -0.169. The van der Waals surface area contributed by atoms with E-state index in [9.17, 15) is 0 Å². The molecule has 0 atom stereocenters. The Labute approximate surface area is 129 Å². The molecule has 22 heavy (non-hydrogen) atoms. The van der Waals surface area contributed by atoms with Gasteiger partial charge in [-0.2, -0.15) is 0 Å². The highest BCUT2D eigenvalue weighted by atomic mass is 16.7. The van der Waals surface area contributed by atoms with Crippen LogP contribution in [-0.4, -0.2) is 44.2 Å². The van der Waals surface area contributed by atoms with E-state index >= 15 is 0 Å². The van der Waals surface area contributed by atoms with E-state index in [4.69, 9.17) is 14.2 Å². The summed E-state index contributed by atoms with van der Waals surface area (Å²) in [4.78, 5) is 6.89. The van der Waals surface area contributed by atoms with E-state index in [0.717, 1.165) is 50.0 Å². The molecule has 4 rings (SSSR count). The number of aromatic nitrogens is 1. The summed E-state index contributed by atoms with van der Waals surface area (Å²) >= 11 is 0. The molecule has 2 fully saturated rings. The van der Waals surface area contributed by atoms with E-state index in [1.807, 2.05) is 12.1 Å². The third-order valence-corrected chi connectivity index (χ3v) is 4.56. The van der Waals surface area contributed by atoms with Crippen LogP contribution < -0.4 is 9.64 Å². The molecule has 5 nitrogen and oxygen atoms in total. The van der Waals surface area contributed by atoms with Gasteiger partial charge < -0.3 is 19.1 Å². The molecular weight excluding hydrogens is 280 g/mol. The standard InChI is InChI=1S/C17H20N2O3/c1-20-16-5-3-13-2-4-14(12-15(13)18-16)19-8-6-17(7-9-19)21-10-11-22-17/h2-5,12H,6-11H2,1H3. The number of methoxy groups -OCH3 is 1. The van der Waals surface area contributed by atoms with Gasteiger partial charge in [0.1, 0.15) is 0 Å². The summed E-state index contributed by atoms with van der Waals surface area (Å²) in [6, 6.07) is 10.3. The SMILES string of the molecule is COc1ccc2ccc(N3CCC4(CC3)OCCO4)cc2n1. The van der Waals surface area contributed by atoms with Crippen molar-refractivity contribution in [1.29, 1.82) is 0 Å². The van der Waals surface area contributed by atoms with Gasteiger partial charge in [-0.05, 0) is 18.2 Å². The Bertz CT molecular complexity index is 673. The summed E-state index contributed by atoms with van der Waals surface area (Å²) in [6.45, 7) is 3.32. The average molecular weight is 300 g/mol. The number of benzene rings is 1. The minimum Gasteiger partial charge on any atom is -0.481 e. The maximum Gasteiger partial charge on any atom is 0.213 e. The second kappa shape index (κ2) is 5.41. The number of hydrogen-bond acceptors (Lipinski definition) is 5. The molecule has 0 bridgehead atoms. The number of rotatable bonds is 2. The summed E-state index contributed by atoms with van der Waals surface area (Å²) < 4.78 is 16.8. The average Bonchev–Trinajstić information content (AvgIpc) is 3.02. The second-order valence-corrected chi connectivity index (χ2v) is 5.83. The smallest absolute Gasteiger partial charge is 0.213 e. The van der Waals surface area contributed by atoms with Crippen molar-refractivity contribution in [2.24, 2.45) is 0 Å². The van der Waals surface area contributed by atoms with Gasteiger partial charge in [0.25, 0.3) is 0 Å². The highest BCUT2D eigenvalue weighted by Gasteiger charge is 2.39. The molecule has 3 heterocycles. The van der Waals surface area contributed by atoms with Crippen molar-refractivity contribution < 1.29 is 14.2 Å². The largest absolute Gasteiger partial charge is 0.481 e. The molecule has 0 N–H and O–H groups in total. The van der Waals surface area contributed by atoms with E-state index in [1.54, 1.807) is 7.11 Å². The maximum absolute atomic E-state index is 5.79. The molecular formula is C17H20N2O3. The van der Waals surface area contributed by atoms with Crippen molar-refractivity contribution >= 4 is 16.6 Å². The summed E-state index contributed by atoms with van der Waals surface area (Å²) in [5.74, 6) is 0.324. The normalized spacial score (nSPS) is 20.7. The van der Waals surface area contributed by atoms with Gasteiger partial charge in [-0.25, -0.2) is 4.98 Å². The third-order valence-electron chi connectivity index (χ3n) is 4.56. The molecule has 2 saturated heterocycles. The zero-order chi connectivity index (χ0) is 15.0. The van der Waals surface area contributed by atoms with Crippen molar-refractivity contribution in [1.82, 2.24) is 4.98 Å². The van der Waals surface area contributed by atoms with E-state index < -0.39 is 0 Å². The van der Waals surface area contributed by atoms with E-state index in [2.05, 4.69) is 28.1 Å². The van der Waals surface area contributed by atoms with Crippen molar-refractivity contribution in [2.45, 2.75) is 18.6 Å². The Kier molecular flexibility index (Phi) is 3.39. The van der Waals surface area contributed by atoms with Crippen LogP contribution >= 0.6 is 0 Å².